The van der Waals surface area contributed by atoms with Crippen LogP contribution < -0.4 is 75.7 Å². The minimum Gasteiger partial charge on any atom is -0.447 e. The SMILES string of the molecule is CC(C)NC(=O)OC[C@@H](NC(=O)N[C@H](C(=O)N1CC2C([C@H]1C(=O)NC(CC1CC1)C(=O)C(N)=O)C2(C)C)C(C)(C)C)C(C)(C)C.CC1(C)C2CN(C(=O)[C@@H](NC(=O)N[C@H](COC(=O)NCc3ccccc3)C(C)(C)C)C(C)(C)C)[C@H](C(=O)NC(CC3CC3)C(=O)C(N)=O)C21.COC(=O)OCC1(NC(=O)N[C@H](C(=O)N2CC3C([C@H]2C(=O)NC(CC2CCC2)C(=O)C(N)=O)C3(C)C)C(C)(C)C)CCCCC1. The number of rotatable bonds is 36. The summed E-state index contributed by atoms with van der Waals surface area (Å²) in [5.41, 5.74) is 12.2. The van der Waals surface area contributed by atoms with Gasteiger partial charge >= 0.3 is 36.4 Å². The predicted molar refractivity (Wildman–Crippen MR) is 513 cm³/mol. The van der Waals surface area contributed by atoms with Crippen molar-refractivity contribution in [2.75, 3.05) is 46.6 Å². The zero-order valence-corrected chi connectivity index (χ0v) is 86.1. The van der Waals surface area contributed by atoms with Crippen LogP contribution in [0.5, 0.6) is 0 Å². The number of ether oxygens (including phenoxy) is 4. The fraction of sp³-hybridized carbons (Fsp3) is 0.760. The Kier molecular flexibility index (Phi) is 35.4. The maximum absolute atomic E-state index is 14.3. The normalized spacial score (nSPS) is 24.4. The lowest BCUT2D eigenvalue weighted by Crippen LogP contribution is -2.63. The van der Waals surface area contributed by atoms with E-state index < -0.39 is 206 Å². The van der Waals surface area contributed by atoms with Gasteiger partial charge in [-0.15, -0.1) is 0 Å². The van der Waals surface area contributed by atoms with Crippen LogP contribution in [0.15, 0.2) is 30.3 Å². The summed E-state index contributed by atoms with van der Waals surface area (Å²) in [6.45, 7) is 44.8. The molecule has 17 N–H and O–H groups in total. The highest BCUT2D eigenvalue weighted by molar-refractivity contribution is 6.39. The summed E-state index contributed by atoms with van der Waals surface area (Å²) in [6.07, 6.45) is 9.34. The summed E-state index contributed by atoms with van der Waals surface area (Å²) in [5, 5.41) is 31.0. The summed E-state index contributed by atoms with van der Waals surface area (Å²) < 4.78 is 20.6. The van der Waals surface area contributed by atoms with E-state index in [9.17, 15) is 86.3 Å². The quantitative estimate of drug-likeness (QED) is 0.0177. The number of ketones is 3. The van der Waals surface area contributed by atoms with E-state index in [2.05, 4.69) is 77.1 Å². The lowest BCUT2D eigenvalue weighted by Gasteiger charge is -2.40. The molecule has 7 saturated carbocycles. The minimum absolute atomic E-state index is 0.0555. The smallest absolute Gasteiger partial charge is 0.447 e. The molecule has 1 aromatic carbocycles. The molecule has 0 radical (unpaired) electrons. The molecular formula is C100H159N17O22. The molecule has 776 valence electrons. The molecule has 9 unspecified atom stereocenters. The number of likely N-dealkylation sites (tertiary alicyclic amines) is 3. The standard InChI is InChI=1S/C36H54N6O7.C32H54N6O7.C32H51N5O8/c1-34(2,3)24(19-49-33(48)38-17-21-12-10-9-11-13-21)40-32(47)41-28(35(4,5)6)31(46)42-18-22-25(36(22,7)8)26(42)30(45)39-23(16-20-14-15-20)27(43)29(37)44;1-16(2)34-29(44)45-15-20(30(3,4)5)36-28(43)37-24(31(6,7)8)27(42)38-14-18-21(32(18,9)10)22(38)26(41)35-19(13-17-11-12-17)23(39)25(33)40;1-30(2,3)24(35-28(42)36-32(13-8-7-9-14-32)17-45-29(43)44-6)27(41)37-16-19-21(31(19,4)5)22(37)26(40)34-20(23(38)25(33)39)15-18-11-10-12-18/h9-13,20,22-26,28H,14-19H2,1-8H3,(H2,37,44)(H,38,48)(H,39,45)(H2,40,41,47);16-22,24H,11-15H2,1-10H3,(H2,33,40)(H,34,44)(H,35,41)(H2,36,37,43);18-22,24H,7-17H2,1-6H3,(H2,33,39)(H,34,40)(H2,35,36,42)/t22?,23?,24-,25?,26+,28-;18?,19?,20-,21?,22+,24-;19?,20?,21?,22-,24+/m110/s1. The number of nitrogens with one attached hydrogen (secondary N) is 11. The second kappa shape index (κ2) is 44.1. The van der Waals surface area contributed by atoms with Crippen LogP contribution in [-0.2, 0) is 83.0 Å². The number of primary amides is 3. The number of hydrogen-bond donors (Lipinski definition) is 14. The molecule has 0 spiro atoms. The number of carbonyl (C=O) groups excluding carboxylic acids is 18. The molecule has 17 amide bonds. The number of methoxy groups -OCH3 is 1. The highest BCUT2D eigenvalue weighted by Crippen LogP contribution is 2.67. The molecule has 0 bridgehead atoms. The van der Waals surface area contributed by atoms with Gasteiger partial charge in [0.15, 0.2) is 0 Å². The number of piperidine rings is 3. The van der Waals surface area contributed by atoms with Gasteiger partial charge in [-0.05, 0) is 148 Å². The van der Waals surface area contributed by atoms with E-state index in [1.807, 2.05) is 176 Å². The van der Waals surface area contributed by atoms with Gasteiger partial charge < -0.3 is 109 Å². The fourth-order valence-electron chi connectivity index (χ4n) is 20.6. The van der Waals surface area contributed by atoms with Gasteiger partial charge in [0.1, 0.15) is 56.1 Å². The third-order valence-electron chi connectivity index (χ3n) is 30.4. The van der Waals surface area contributed by atoms with Crippen LogP contribution in [-0.4, -0.2) is 246 Å². The van der Waals surface area contributed by atoms with Crippen molar-refractivity contribution in [1.29, 1.82) is 0 Å². The average molecular weight is 1950 g/mol. The molecule has 17 atom stereocenters. The van der Waals surface area contributed by atoms with E-state index in [0.29, 0.717) is 58.3 Å². The molecule has 3 saturated heterocycles. The van der Waals surface area contributed by atoms with Gasteiger partial charge in [-0.3, -0.25) is 57.5 Å². The number of nitrogens with two attached hydrogens (primary N) is 3. The van der Waals surface area contributed by atoms with Crippen molar-refractivity contribution in [2.45, 2.75) is 340 Å². The first-order chi connectivity index (χ1) is 64.3. The van der Waals surface area contributed by atoms with Crippen molar-refractivity contribution < 1.29 is 105 Å². The molecule has 1 aromatic rings. The number of Topliss-reactive ketones (excluding diaryl/α,β-unsaturated/α-hetero) is 3. The number of fused-ring (bicyclic) bond motifs is 3. The van der Waals surface area contributed by atoms with Crippen LogP contribution in [0.25, 0.3) is 0 Å². The van der Waals surface area contributed by atoms with Gasteiger partial charge in [-0.25, -0.2) is 28.8 Å². The molecule has 39 nitrogen and oxygen atoms in total. The molecule has 139 heavy (non-hydrogen) atoms. The Hall–Kier alpha value is -10.9. The number of alkyl carbamates (subject to hydrolysis) is 2. The molecular weight excluding hydrogens is 1790 g/mol. The molecule has 0 aromatic heterocycles. The van der Waals surface area contributed by atoms with Crippen molar-refractivity contribution in [3.63, 3.8) is 0 Å². The highest BCUT2D eigenvalue weighted by Gasteiger charge is 2.73. The number of hydrogen-bond acceptors (Lipinski definition) is 22. The van der Waals surface area contributed by atoms with Gasteiger partial charge in [-0.2, -0.15) is 0 Å². The Bertz CT molecular complexity index is 4710. The Labute approximate surface area is 817 Å². The highest BCUT2D eigenvalue weighted by atomic mass is 16.7. The second-order valence-corrected chi connectivity index (χ2v) is 47.9. The first-order valence-electron chi connectivity index (χ1n) is 49.4. The van der Waals surface area contributed by atoms with Crippen LogP contribution in [0.3, 0.4) is 0 Å². The number of benzene rings is 1. The molecule has 10 fully saturated rings. The van der Waals surface area contributed by atoms with Crippen LogP contribution in [0, 0.1) is 96.6 Å². The first kappa shape index (κ1) is 112. The summed E-state index contributed by atoms with van der Waals surface area (Å²) in [4.78, 5) is 239. The Morgan fingerprint density at radius 1 is 0.403 bits per heavy atom. The van der Waals surface area contributed by atoms with E-state index in [1.165, 1.54) is 21.8 Å². The molecule has 11 rings (SSSR count). The Morgan fingerprint density at radius 2 is 0.734 bits per heavy atom. The minimum atomic E-state index is -1.11. The van der Waals surface area contributed by atoms with Gasteiger partial charge in [0, 0.05) is 32.2 Å². The van der Waals surface area contributed by atoms with Gasteiger partial charge in [-0.1, -0.05) is 240 Å². The number of urea groups is 3. The molecule has 39 heteroatoms. The van der Waals surface area contributed by atoms with E-state index in [4.69, 9.17) is 31.4 Å². The topological polar surface area (TPSA) is 564 Å². The van der Waals surface area contributed by atoms with Crippen LogP contribution in [0.2, 0.25) is 0 Å². The van der Waals surface area contributed by atoms with Crippen molar-refractivity contribution in [3.05, 3.63) is 35.9 Å². The van der Waals surface area contributed by atoms with Crippen molar-refractivity contribution in [2.24, 2.45) is 114 Å². The van der Waals surface area contributed by atoms with Crippen LogP contribution >= 0.6 is 0 Å². The zero-order valence-electron chi connectivity index (χ0n) is 86.1. The largest absolute Gasteiger partial charge is 0.508 e. The van der Waals surface area contributed by atoms with E-state index in [1.54, 1.807) is 0 Å². The van der Waals surface area contributed by atoms with Gasteiger partial charge in [0.2, 0.25) is 52.8 Å². The molecule has 3 heterocycles. The maximum atomic E-state index is 14.3. The van der Waals surface area contributed by atoms with E-state index in [0.717, 1.165) is 69.8 Å². The zero-order chi connectivity index (χ0) is 104. The lowest BCUT2D eigenvalue weighted by atomic mass is 9.80. The van der Waals surface area contributed by atoms with Crippen LogP contribution in [0.1, 0.15) is 261 Å². The number of carbonyl (C=O) groups is 18. The fourth-order valence-corrected chi connectivity index (χ4v) is 20.6. The maximum Gasteiger partial charge on any atom is 0.508 e. The summed E-state index contributed by atoms with van der Waals surface area (Å²) >= 11 is 0. The third kappa shape index (κ3) is 28.7. The van der Waals surface area contributed by atoms with Gasteiger partial charge in [0.25, 0.3) is 17.7 Å². The number of nitrogens with zero attached hydrogens (tertiary/aromatic N) is 3. The molecule has 3 aliphatic heterocycles. The predicted octanol–water partition coefficient (Wildman–Crippen LogP) is 7.33. The van der Waals surface area contributed by atoms with Crippen molar-refractivity contribution >= 4 is 107 Å². The van der Waals surface area contributed by atoms with Crippen molar-refractivity contribution in [3.8, 4) is 0 Å². The molecule has 7 aliphatic carbocycles. The Morgan fingerprint density at radius 3 is 1.03 bits per heavy atom. The number of amides is 17. The van der Waals surface area contributed by atoms with Crippen LogP contribution in [0.4, 0.5) is 28.8 Å². The monoisotopic (exact) mass is 1950 g/mol. The first-order valence-corrected chi connectivity index (χ1v) is 49.4. The van der Waals surface area contributed by atoms with Crippen molar-refractivity contribution in [1.82, 2.24) is 73.2 Å². The molecule has 10 aliphatic rings. The van der Waals surface area contributed by atoms with E-state index in [-0.39, 0.29) is 95.4 Å². The van der Waals surface area contributed by atoms with Gasteiger partial charge in [0.05, 0.1) is 42.9 Å². The summed E-state index contributed by atoms with van der Waals surface area (Å²) in [5.74, 6) is -8.08. The van der Waals surface area contributed by atoms with E-state index >= 15 is 0 Å². The summed E-state index contributed by atoms with van der Waals surface area (Å²) in [7, 11) is 1.22. The third-order valence-corrected chi connectivity index (χ3v) is 30.4. The average Bonchev–Trinajstić information content (AvgIpc) is 1.53. The second-order valence-electron chi connectivity index (χ2n) is 47.9. The lowest BCUT2D eigenvalue weighted by molar-refractivity contribution is -0.145. The summed E-state index contributed by atoms with van der Waals surface area (Å²) in [6, 6.07) is -2.45. The Balaban J connectivity index is 0.000000233.